The molecule has 6 heteroatoms. The largest absolute Gasteiger partial charge is 0.496 e. The van der Waals surface area contributed by atoms with Crippen LogP contribution in [0.15, 0.2) is 48.5 Å². The summed E-state index contributed by atoms with van der Waals surface area (Å²) in [5, 5.41) is 3.96. The third kappa shape index (κ3) is 3.74. The number of aryl methyl sites for hydroxylation is 1. The highest BCUT2D eigenvalue weighted by molar-refractivity contribution is 6.07. The van der Waals surface area contributed by atoms with Crippen molar-refractivity contribution in [3.05, 3.63) is 59.8 Å². The van der Waals surface area contributed by atoms with E-state index in [0.29, 0.717) is 5.69 Å². The predicted octanol–water partition coefficient (Wildman–Crippen LogP) is 3.27. The number of carbonyl (C=O) groups is 1. The van der Waals surface area contributed by atoms with Crippen LogP contribution in [0.2, 0.25) is 0 Å². The lowest BCUT2D eigenvalue weighted by molar-refractivity contribution is 0.0342. The van der Waals surface area contributed by atoms with Crippen molar-refractivity contribution in [3.63, 3.8) is 0 Å². The molecule has 146 valence electrons. The number of morpholine rings is 1. The summed E-state index contributed by atoms with van der Waals surface area (Å²) < 4.78 is 12.7. The second-order valence-corrected chi connectivity index (χ2v) is 7.02. The summed E-state index contributed by atoms with van der Waals surface area (Å²) in [6.45, 7) is 4.29. The molecule has 1 aromatic heterocycles. The maximum atomic E-state index is 12.9. The maximum absolute atomic E-state index is 12.9. The van der Waals surface area contributed by atoms with Crippen LogP contribution in [0.1, 0.15) is 16.1 Å². The first kappa shape index (κ1) is 18.5. The molecule has 1 amide bonds. The van der Waals surface area contributed by atoms with Gasteiger partial charge in [0.25, 0.3) is 5.91 Å². The average molecular weight is 379 g/mol. The van der Waals surface area contributed by atoms with E-state index in [0.717, 1.165) is 55.2 Å². The van der Waals surface area contributed by atoms with E-state index in [4.69, 9.17) is 9.47 Å². The molecule has 3 aromatic rings. The molecule has 0 aliphatic carbocycles. The van der Waals surface area contributed by atoms with E-state index in [9.17, 15) is 4.79 Å². The van der Waals surface area contributed by atoms with Gasteiger partial charge in [0.15, 0.2) is 0 Å². The molecule has 1 aliphatic rings. The fourth-order valence-corrected chi connectivity index (χ4v) is 3.69. The second kappa shape index (κ2) is 8.04. The van der Waals surface area contributed by atoms with Crippen LogP contribution in [-0.4, -0.2) is 48.8 Å². The van der Waals surface area contributed by atoms with Gasteiger partial charge in [0.2, 0.25) is 0 Å². The quantitative estimate of drug-likeness (QED) is 0.739. The van der Waals surface area contributed by atoms with Crippen LogP contribution < -0.4 is 10.1 Å². The van der Waals surface area contributed by atoms with Gasteiger partial charge >= 0.3 is 0 Å². The molecule has 28 heavy (non-hydrogen) atoms. The first-order chi connectivity index (χ1) is 13.7. The SMILES string of the molecule is COc1cccc2c1cc(C(=O)Nc1cccc(CN3CCOCC3)c1)n2C. The van der Waals surface area contributed by atoms with Crippen molar-refractivity contribution in [2.45, 2.75) is 6.54 Å². The summed E-state index contributed by atoms with van der Waals surface area (Å²) >= 11 is 0. The second-order valence-electron chi connectivity index (χ2n) is 7.02. The Morgan fingerprint density at radius 1 is 1.14 bits per heavy atom. The number of hydrogen-bond donors (Lipinski definition) is 1. The summed E-state index contributed by atoms with van der Waals surface area (Å²) in [4.78, 5) is 15.3. The molecule has 1 saturated heterocycles. The Hall–Kier alpha value is -2.83. The zero-order valence-corrected chi connectivity index (χ0v) is 16.3. The van der Waals surface area contributed by atoms with Gasteiger partial charge in [0, 0.05) is 37.8 Å². The van der Waals surface area contributed by atoms with Crippen molar-refractivity contribution in [3.8, 4) is 5.75 Å². The molecule has 4 rings (SSSR count). The van der Waals surface area contributed by atoms with E-state index in [1.165, 1.54) is 5.56 Å². The van der Waals surface area contributed by atoms with Crippen molar-refractivity contribution >= 4 is 22.5 Å². The van der Waals surface area contributed by atoms with Gasteiger partial charge in [0.05, 0.1) is 25.8 Å². The van der Waals surface area contributed by atoms with Crippen LogP contribution in [0, 0.1) is 0 Å². The number of methoxy groups -OCH3 is 1. The maximum Gasteiger partial charge on any atom is 0.272 e. The summed E-state index contributed by atoms with van der Waals surface area (Å²) in [5.74, 6) is 0.629. The molecule has 1 fully saturated rings. The minimum atomic E-state index is -0.135. The van der Waals surface area contributed by atoms with Gasteiger partial charge in [-0.2, -0.15) is 0 Å². The van der Waals surface area contributed by atoms with Gasteiger partial charge in [-0.15, -0.1) is 0 Å². The molecule has 0 spiro atoms. The topological polar surface area (TPSA) is 55.7 Å². The van der Waals surface area contributed by atoms with Crippen molar-refractivity contribution in [2.75, 3.05) is 38.7 Å². The lowest BCUT2D eigenvalue weighted by Crippen LogP contribution is -2.35. The van der Waals surface area contributed by atoms with Crippen molar-refractivity contribution in [1.29, 1.82) is 0 Å². The zero-order chi connectivity index (χ0) is 19.5. The van der Waals surface area contributed by atoms with Crippen LogP contribution >= 0.6 is 0 Å². The highest BCUT2D eigenvalue weighted by Gasteiger charge is 2.16. The predicted molar refractivity (Wildman–Crippen MR) is 110 cm³/mol. The number of anilines is 1. The van der Waals surface area contributed by atoms with Crippen LogP contribution in [0.5, 0.6) is 5.75 Å². The molecule has 0 radical (unpaired) electrons. The number of nitrogens with one attached hydrogen (secondary N) is 1. The van der Waals surface area contributed by atoms with Crippen LogP contribution in [-0.2, 0) is 18.3 Å². The molecule has 1 N–H and O–H groups in total. The number of carbonyl (C=O) groups excluding carboxylic acids is 1. The number of aromatic nitrogens is 1. The van der Waals surface area contributed by atoms with Crippen LogP contribution in [0.4, 0.5) is 5.69 Å². The molecule has 2 aromatic carbocycles. The Kier molecular flexibility index (Phi) is 5.32. The number of benzene rings is 2. The zero-order valence-electron chi connectivity index (χ0n) is 16.3. The third-order valence-electron chi connectivity index (χ3n) is 5.19. The first-order valence-electron chi connectivity index (χ1n) is 9.48. The van der Waals surface area contributed by atoms with Gasteiger partial charge in [-0.3, -0.25) is 9.69 Å². The van der Waals surface area contributed by atoms with E-state index in [-0.39, 0.29) is 5.91 Å². The number of ether oxygens (including phenoxy) is 2. The highest BCUT2D eigenvalue weighted by Crippen LogP contribution is 2.28. The monoisotopic (exact) mass is 379 g/mol. The third-order valence-corrected chi connectivity index (χ3v) is 5.19. The van der Waals surface area contributed by atoms with Crippen molar-refractivity contribution < 1.29 is 14.3 Å². The van der Waals surface area contributed by atoms with Gasteiger partial charge in [-0.05, 0) is 35.9 Å². The Morgan fingerprint density at radius 3 is 2.71 bits per heavy atom. The van der Waals surface area contributed by atoms with Gasteiger partial charge in [0.1, 0.15) is 11.4 Å². The molecular formula is C22H25N3O3. The molecule has 1 aliphatic heterocycles. The molecule has 0 saturated carbocycles. The van der Waals surface area contributed by atoms with Crippen molar-refractivity contribution in [2.24, 2.45) is 7.05 Å². The fraction of sp³-hybridized carbons (Fsp3) is 0.318. The molecule has 6 nitrogen and oxygen atoms in total. The summed E-state index contributed by atoms with van der Waals surface area (Å²) in [7, 11) is 3.53. The van der Waals surface area contributed by atoms with E-state index in [2.05, 4.69) is 16.3 Å². The first-order valence-corrected chi connectivity index (χ1v) is 9.48. The number of nitrogens with zero attached hydrogens (tertiary/aromatic N) is 2. The van der Waals surface area contributed by atoms with Gasteiger partial charge in [-0.1, -0.05) is 18.2 Å². The molecule has 0 atom stereocenters. The van der Waals surface area contributed by atoms with Crippen LogP contribution in [0.25, 0.3) is 10.9 Å². The Balaban J connectivity index is 1.53. The molecular weight excluding hydrogens is 354 g/mol. The normalized spacial score (nSPS) is 14.9. The summed E-state index contributed by atoms with van der Waals surface area (Å²) in [5.41, 5.74) is 3.54. The number of hydrogen-bond acceptors (Lipinski definition) is 4. The van der Waals surface area contributed by atoms with Crippen LogP contribution in [0.3, 0.4) is 0 Å². The fourth-order valence-electron chi connectivity index (χ4n) is 3.69. The van der Waals surface area contributed by atoms with E-state index >= 15 is 0 Å². The van der Waals surface area contributed by atoms with E-state index in [1.54, 1.807) is 7.11 Å². The van der Waals surface area contributed by atoms with E-state index in [1.807, 2.05) is 54.1 Å². The number of fused-ring (bicyclic) bond motifs is 1. The van der Waals surface area contributed by atoms with E-state index < -0.39 is 0 Å². The summed E-state index contributed by atoms with van der Waals surface area (Å²) in [6.07, 6.45) is 0. The Labute approximate surface area is 164 Å². The van der Waals surface area contributed by atoms with Crippen molar-refractivity contribution in [1.82, 2.24) is 9.47 Å². The highest BCUT2D eigenvalue weighted by atomic mass is 16.5. The smallest absolute Gasteiger partial charge is 0.272 e. The molecule has 0 unspecified atom stereocenters. The average Bonchev–Trinajstić information content (AvgIpc) is 3.06. The minimum absolute atomic E-state index is 0.135. The van der Waals surface area contributed by atoms with Gasteiger partial charge in [-0.25, -0.2) is 0 Å². The Morgan fingerprint density at radius 2 is 1.93 bits per heavy atom. The lowest BCUT2D eigenvalue weighted by Gasteiger charge is -2.26. The Bertz CT molecular complexity index is 990. The standard InChI is InChI=1S/C22H25N3O3/c1-24-19-7-4-8-21(27-2)18(19)14-20(24)22(26)23-17-6-3-5-16(13-17)15-25-9-11-28-12-10-25/h3-8,13-14H,9-12,15H2,1-2H3,(H,23,26). The minimum Gasteiger partial charge on any atom is -0.496 e. The van der Waals surface area contributed by atoms with Gasteiger partial charge < -0.3 is 19.4 Å². The lowest BCUT2D eigenvalue weighted by atomic mass is 10.1. The number of rotatable bonds is 5. The molecule has 2 heterocycles. The molecule has 0 bridgehead atoms. The number of amides is 1. The summed E-state index contributed by atoms with van der Waals surface area (Å²) in [6, 6.07) is 15.7.